The number of nitrogens with one attached hydrogen (secondary N) is 1. The van der Waals surface area contributed by atoms with E-state index in [-0.39, 0.29) is 24.4 Å². The van der Waals surface area contributed by atoms with Crippen molar-refractivity contribution >= 4 is 45.6 Å². The Hall–Kier alpha value is -0.880. The van der Waals surface area contributed by atoms with Crippen molar-refractivity contribution in [2.75, 3.05) is 0 Å². The molecule has 2 aromatic rings. The summed E-state index contributed by atoms with van der Waals surface area (Å²) in [6.45, 7) is 3.73. The molecule has 2 rings (SSSR count). The number of rotatable bonds is 5. The minimum Gasteiger partial charge on any atom is -0.351 e. The number of halogens is 2. The van der Waals surface area contributed by atoms with Crippen LogP contribution in [0.15, 0.2) is 46.3 Å². The highest BCUT2D eigenvalue weighted by atomic mass is 79.9. The second kappa shape index (κ2) is 8.11. The summed E-state index contributed by atoms with van der Waals surface area (Å²) >= 11 is 5.08. The summed E-state index contributed by atoms with van der Waals surface area (Å²) in [5.41, 5.74) is 5.99. The third kappa shape index (κ3) is 4.81. The molecule has 0 saturated carbocycles. The molecule has 2 atom stereocenters. The SMILES string of the molecule is CC(Cc1cccs1)NC(=O)C(C)(N)c1ccc(Br)cc1.Cl. The van der Waals surface area contributed by atoms with Gasteiger partial charge in [-0.05, 0) is 43.0 Å². The third-order valence-electron chi connectivity index (χ3n) is 3.38. The van der Waals surface area contributed by atoms with E-state index in [1.165, 1.54) is 4.88 Å². The van der Waals surface area contributed by atoms with Crippen LogP contribution in [0.2, 0.25) is 0 Å². The first-order valence-electron chi connectivity index (χ1n) is 6.78. The second-order valence-corrected chi connectivity index (χ2v) is 7.32. The maximum Gasteiger partial charge on any atom is 0.244 e. The van der Waals surface area contributed by atoms with Crippen LogP contribution in [0.1, 0.15) is 24.3 Å². The zero-order valence-electron chi connectivity index (χ0n) is 12.5. The Bertz CT molecular complexity index is 599. The summed E-state index contributed by atoms with van der Waals surface area (Å²) in [5, 5.41) is 5.04. The molecule has 0 bridgehead atoms. The van der Waals surface area contributed by atoms with Gasteiger partial charge in [0.05, 0.1) is 0 Å². The minimum absolute atomic E-state index is 0. The Morgan fingerprint density at radius 2 is 2.00 bits per heavy atom. The molecule has 0 spiro atoms. The van der Waals surface area contributed by atoms with Crippen LogP contribution in [0.4, 0.5) is 0 Å². The van der Waals surface area contributed by atoms with Crippen LogP contribution in [-0.4, -0.2) is 11.9 Å². The van der Waals surface area contributed by atoms with Gasteiger partial charge in [0.25, 0.3) is 0 Å². The number of hydrogen-bond acceptors (Lipinski definition) is 3. The summed E-state index contributed by atoms with van der Waals surface area (Å²) in [7, 11) is 0. The Balaban J connectivity index is 0.00000242. The number of carbonyl (C=O) groups excluding carboxylic acids is 1. The van der Waals surface area contributed by atoms with Gasteiger partial charge in [0.1, 0.15) is 5.54 Å². The molecular weight excluding hydrogens is 384 g/mol. The zero-order chi connectivity index (χ0) is 15.5. The number of nitrogens with two attached hydrogens (primary N) is 1. The predicted octanol–water partition coefficient (Wildman–Crippen LogP) is 3.85. The second-order valence-electron chi connectivity index (χ2n) is 5.37. The van der Waals surface area contributed by atoms with E-state index >= 15 is 0 Å². The molecule has 0 aliphatic heterocycles. The molecule has 0 fully saturated rings. The molecular formula is C16H20BrClN2OS. The van der Waals surface area contributed by atoms with Crippen molar-refractivity contribution in [1.29, 1.82) is 0 Å². The maximum absolute atomic E-state index is 12.4. The van der Waals surface area contributed by atoms with Gasteiger partial charge in [-0.1, -0.05) is 34.1 Å². The lowest BCUT2D eigenvalue weighted by atomic mass is 9.92. The predicted molar refractivity (Wildman–Crippen MR) is 98.6 cm³/mol. The van der Waals surface area contributed by atoms with Gasteiger partial charge in [-0.3, -0.25) is 4.79 Å². The Morgan fingerprint density at radius 3 is 2.55 bits per heavy atom. The number of amides is 1. The highest BCUT2D eigenvalue weighted by molar-refractivity contribution is 9.10. The minimum atomic E-state index is -1.04. The summed E-state index contributed by atoms with van der Waals surface area (Å²) in [6, 6.07) is 11.7. The molecule has 6 heteroatoms. The van der Waals surface area contributed by atoms with Crippen LogP contribution < -0.4 is 11.1 Å². The first-order chi connectivity index (χ1) is 9.89. The van der Waals surface area contributed by atoms with Crippen molar-refractivity contribution in [1.82, 2.24) is 5.32 Å². The first kappa shape index (κ1) is 19.2. The summed E-state index contributed by atoms with van der Waals surface area (Å²) in [4.78, 5) is 13.7. The van der Waals surface area contributed by atoms with E-state index in [4.69, 9.17) is 5.73 Å². The number of thiophene rings is 1. The van der Waals surface area contributed by atoms with Crippen LogP contribution in [0, 0.1) is 0 Å². The summed E-state index contributed by atoms with van der Waals surface area (Å²) < 4.78 is 0.966. The molecule has 2 unspecified atom stereocenters. The Morgan fingerprint density at radius 1 is 1.36 bits per heavy atom. The molecule has 3 nitrogen and oxygen atoms in total. The monoisotopic (exact) mass is 402 g/mol. The van der Waals surface area contributed by atoms with E-state index in [1.807, 2.05) is 42.6 Å². The maximum atomic E-state index is 12.4. The smallest absolute Gasteiger partial charge is 0.244 e. The van der Waals surface area contributed by atoms with Crippen molar-refractivity contribution in [3.63, 3.8) is 0 Å². The van der Waals surface area contributed by atoms with E-state index in [0.29, 0.717) is 0 Å². The van der Waals surface area contributed by atoms with E-state index in [0.717, 1.165) is 16.5 Å². The van der Waals surface area contributed by atoms with Crippen LogP contribution in [-0.2, 0) is 16.8 Å². The van der Waals surface area contributed by atoms with Crippen molar-refractivity contribution in [2.24, 2.45) is 5.73 Å². The van der Waals surface area contributed by atoms with Gasteiger partial charge in [0.2, 0.25) is 5.91 Å². The first-order valence-corrected chi connectivity index (χ1v) is 8.45. The molecule has 120 valence electrons. The molecule has 0 saturated heterocycles. The van der Waals surface area contributed by atoms with Gasteiger partial charge >= 0.3 is 0 Å². The lowest BCUT2D eigenvalue weighted by Gasteiger charge is -2.26. The summed E-state index contributed by atoms with van der Waals surface area (Å²) in [6.07, 6.45) is 0.819. The van der Waals surface area contributed by atoms with Gasteiger partial charge in [-0.15, -0.1) is 23.7 Å². The van der Waals surface area contributed by atoms with Crippen molar-refractivity contribution in [3.8, 4) is 0 Å². The molecule has 22 heavy (non-hydrogen) atoms. The molecule has 3 N–H and O–H groups in total. The van der Waals surface area contributed by atoms with Crippen LogP contribution in [0.5, 0.6) is 0 Å². The highest BCUT2D eigenvalue weighted by Gasteiger charge is 2.31. The molecule has 0 aliphatic carbocycles. The van der Waals surface area contributed by atoms with Gasteiger partial charge in [-0.2, -0.15) is 0 Å². The van der Waals surface area contributed by atoms with E-state index in [1.54, 1.807) is 18.3 Å². The molecule has 0 aliphatic rings. The van der Waals surface area contributed by atoms with Gasteiger partial charge in [0, 0.05) is 21.8 Å². The highest BCUT2D eigenvalue weighted by Crippen LogP contribution is 2.21. The number of hydrogen-bond donors (Lipinski definition) is 2. The average molecular weight is 404 g/mol. The normalized spacial score (nSPS) is 14.5. The lowest BCUT2D eigenvalue weighted by Crippen LogP contribution is -2.51. The van der Waals surface area contributed by atoms with Crippen molar-refractivity contribution < 1.29 is 4.79 Å². The van der Waals surface area contributed by atoms with Gasteiger partial charge < -0.3 is 11.1 Å². The van der Waals surface area contributed by atoms with Crippen LogP contribution in [0.3, 0.4) is 0 Å². The van der Waals surface area contributed by atoms with Crippen LogP contribution in [0.25, 0.3) is 0 Å². The van der Waals surface area contributed by atoms with Gasteiger partial charge in [-0.25, -0.2) is 0 Å². The molecule has 1 amide bonds. The van der Waals surface area contributed by atoms with Crippen molar-refractivity contribution in [2.45, 2.75) is 31.8 Å². The fraction of sp³-hybridized carbons (Fsp3) is 0.312. The van der Waals surface area contributed by atoms with E-state index in [9.17, 15) is 4.79 Å². The average Bonchev–Trinajstić information content (AvgIpc) is 2.91. The largest absolute Gasteiger partial charge is 0.351 e. The standard InChI is InChI=1S/C16H19BrN2OS.ClH/c1-11(10-14-4-3-9-21-14)19-15(20)16(2,18)12-5-7-13(17)8-6-12;/h3-9,11H,10,18H2,1-2H3,(H,19,20);1H. The fourth-order valence-corrected chi connectivity index (χ4v) is 3.18. The topological polar surface area (TPSA) is 55.1 Å². The van der Waals surface area contributed by atoms with E-state index in [2.05, 4.69) is 27.3 Å². The third-order valence-corrected chi connectivity index (χ3v) is 4.81. The Labute approximate surface area is 149 Å². The van der Waals surface area contributed by atoms with Crippen molar-refractivity contribution in [3.05, 3.63) is 56.7 Å². The number of benzene rings is 1. The van der Waals surface area contributed by atoms with Crippen LogP contribution >= 0.6 is 39.7 Å². The van der Waals surface area contributed by atoms with Gasteiger partial charge in [0.15, 0.2) is 0 Å². The molecule has 0 radical (unpaired) electrons. The summed E-state index contributed by atoms with van der Waals surface area (Å²) in [5.74, 6) is -0.158. The molecule has 1 heterocycles. The van der Waals surface area contributed by atoms with E-state index < -0.39 is 5.54 Å². The zero-order valence-corrected chi connectivity index (χ0v) is 15.7. The number of carbonyl (C=O) groups is 1. The Kier molecular flexibility index (Phi) is 7.06. The fourth-order valence-electron chi connectivity index (χ4n) is 2.08. The molecule has 1 aromatic carbocycles. The molecule has 1 aromatic heterocycles. The quantitative estimate of drug-likeness (QED) is 0.796. The lowest BCUT2D eigenvalue weighted by molar-refractivity contribution is -0.126.